The lowest BCUT2D eigenvalue weighted by atomic mass is 10.2. The van der Waals surface area contributed by atoms with Crippen LogP contribution in [-0.2, 0) is 23.4 Å². The van der Waals surface area contributed by atoms with Crippen molar-refractivity contribution in [2.45, 2.75) is 31.6 Å². The summed E-state index contributed by atoms with van der Waals surface area (Å²) in [5.41, 5.74) is 2.12. The number of nitrogens with zero attached hydrogens (tertiary/aromatic N) is 2. The largest absolute Gasteiger partial charge is 0.311 e. The van der Waals surface area contributed by atoms with Gasteiger partial charge in [0, 0.05) is 31.9 Å². The second-order valence-corrected chi connectivity index (χ2v) is 7.08. The summed E-state index contributed by atoms with van der Waals surface area (Å²) in [4.78, 5) is 0. The van der Waals surface area contributed by atoms with Crippen LogP contribution in [0.1, 0.15) is 24.1 Å². The molecule has 1 unspecified atom stereocenters. The Balaban J connectivity index is 1.86. The van der Waals surface area contributed by atoms with Gasteiger partial charge in [-0.05, 0) is 19.8 Å². The molecule has 17 heavy (non-hydrogen) atoms. The van der Waals surface area contributed by atoms with Gasteiger partial charge in [0.15, 0.2) is 9.84 Å². The monoisotopic (exact) mass is 257 g/mol. The van der Waals surface area contributed by atoms with Crippen molar-refractivity contribution in [3.8, 4) is 0 Å². The Morgan fingerprint density at radius 3 is 2.88 bits per heavy atom. The fraction of sp³-hybridized carbons (Fsp3) is 0.727. The lowest BCUT2D eigenvalue weighted by Crippen LogP contribution is -2.30. The second kappa shape index (κ2) is 4.78. The Kier molecular flexibility index (Phi) is 3.53. The third-order valence-electron chi connectivity index (χ3n) is 3.27. The highest BCUT2D eigenvalue weighted by molar-refractivity contribution is 7.92. The van der Waals surface area contributed by atoms with Crippen LogP contribution in [0.5, 0.6) is 0 Å². The quantitative estimate of drug-likeness (QED) is 0.848. The molecule has 5 nitrogen and oxygen atoms in total. The first kappa shape index (κ1) is 12.6. The highest BCUT2D eigenvalue weighted by atomic mass is 32.2. The molecule has 0 radical (unpaired) electrons. The highest BCUT2D eigenvalue weighted by Crippen LogP contribution is 2.19. The topological polar surface area (TPSA) is 64.0 Å². The lowest BCUT2D eigenvalue weighted by molar-refractivity contribution is 0.573. The van der Waals surface area contributed by atoms with E-state index in [4.69, 9.17) is 0 Å². The zero-order valence-corrected chi connectivity index (χ0v) is 11.1. The van der Waals surface area contributed by atoms with Gasteiger partial charge in [-0.25, -0.2) is 8.42 Å². The van der Waals surface area contributed by atoms with Gasteiger partial charge in [-0.2, -0.15) is 5.10 Å². The third-order valence-corrected chi connectivity index (χ3v) is 5.54. The minimum absolute atomic E-state index is 0.195. The fourth-order valence-corrected chi connectivity index (χ4v) is 4.08. The molecule has 2 heterocycles. The van der Waals surface area contributed by atoms with E-state index in [1.54, 1.807) is 4.68 Å². The molecule has 96 valence electrons. The number of rotatable bonds is 4. The van der Waals surface area contributed by atoms with E-state index in [1.807, 2.05) is 20.2 Å². The van der Waals surface area contributed by atoms with Gasteiger partial charge in [-0.1, -0.05) is 0 Å². The third kappa shape index (κ3) is 2.87. The predicted molar refractivity (Wildman–Crippen MR) is 66.5 cm³/mol. The average molecular weight is 257 g/mol. The maximum Gasteiger partial charge on any atom is 0.154 e. The Hall–Kier alpha value is -0.880. The van der Waals surface area contributed by atoms with Crippen LogP contribution in [0.4, 0.5) is 0 Å². The first-order valence-electron chi connectivity index (χ1n) is 5.90. The highest BCUT2D eigenvalue weighted by Gasteiger charge is 2.30. The van der Waals surface area contributed by atoms with Crippen molar-refractivity contribution in [1.82, 2.24) is 15.1 Å². The van der Waals surface area contributed by atoms with Gasteiger partial charge in [0.1, 0.15) is 0 Å². The number of sulfone groups is 1. The SMILES string of the molecule is Cc1nn(C)cc1CNCC1CCCS1(=O)=O. The summed E-state index contributed by atoms with van der Waals surface area (Å²) in [6, 6.07) is 0. The van der Waals surface area contributed by atoms with Gasteiger partial charge < -0.3 is 5.32 Å². The van der Waals surface area contributed by atoms with E-state index < -0.39 is 9.84 Å². The van der Waals surface area contributed by atoms with E-state index in [1.165, 1.54) is 0 Å². The van der Waals surface area contributed by atoms with E-state index in [-0.39, 0.29) is 5.25 Å². The molecule has 1 aliphatic rings. The summed E-state index contributed by atoms with van der Waals surface area (Å²) in [5, 5.41) is 7.27. The minimum Gasteiger partial charge on any atom is -0.311 e. The molecule has 0 bridgehead atoms. The molecule has 0 amide bonds. The van der Waals surface area contributed by atoms with E-state index in [0.29, 0.717) is 18.8 Å². The summed E-state index contributed by atoms with van der Waals surface area (Å²) in [7, 11) is -0.943. The maximum atomic E-state index is 11.6. The van der Waals surface area contributed by atoms with E-state index in [2.05, 4.69) is 10.4 Å². The van der Waals surface area contributed by atoms with Crippen molar-refractivity contribution < 1.29 is 8.42 Å². The fourth-order valence-electron chi connectivity index (χ4n) is 2.28. The van der Waals surface area contributed by atoms with Crippen molar-refractivity contribution in [2.75, 3.05) is 12.3 Å². The molecule has 1 saturated heterocycles. The molecule has 1 fully saturated rings. The molecule has 1 aromatic heterocycles. The van der Waals surface area contributed by atoms with Crippen molar-refractivity contribution in [2.24, 2.45) is 7.05 Å². The maximum absolute atomic E-state index is 11.6. The molecular formula is C11H19N3O2S. The molecule has 2 rings (SSSR count). The molecule has 1 aromatic rings. The van der Waals surface area contributed by atoms with Gasteiger partial charge >= 0.3 is 0 Å². The summed E-state index contributed by atoms with van der Waals surface area (Å²) in [6.07, 6.45) is 3.56. The van der Waals surface area contributed by atoms with Crippen molar-refractivity contribution in [1.29, 1.82) is 0 Å². The molecule has 0 aliphatic carbocycles. The standard InChI is InChI=1S/C11H19N3O2S/c1-9-10(8-14(2)13-9)6-12-7-11-4-3-5-17(11,15)16/h8,11-12H,3-7H2,1-2H3. The smallest absolute Gasteiger partial charge is 0.154 e. The van der Waals surface area contributed by atoms with Crippen LogP contribution in [0.3, 0.4) is 0 Å². The summed E-state index contributed by atoms with van der Waals surface area (Å²) < 4.78 is 25.0. The Bertz CT molecular complexity index is 493. The molecule has 0 aromatic carbocycles. The molecule has 0 saturated carbocycles. The van der Waals surface area contributed by atoms with E-state index in [9.17, 15) is 8.42 Å². The number of aromatic nitrogens is 2. The number of hydrogen-bond donors (Lipinski definition) is 1. The number of hydrogen-bond acceptors (Lipinski definition) is 4. The van der Waals surface area contributed by atoms with Crippen LogP contribution < -0.4 is 5.32 Å². The first-order chi connectivity index (χ1) is 7.99. The minimum atomic E-state index is -2.83. The average Bonchev–Trinajstić information content (AvgIpc) is 2.71. The van der Waals surface area contributed by atoms with Gasteiger partial charge in [0.05, 0.1) is 16.7 Å². The molecule has 1 atom stereocenters. The predicted octanol–water partition coefficient (Wildman–Crippen LogP) is 0.395. The Morgan fingerprint density at radius 2 is 2.35 bits per heavy atom. The molecular weight excluding hydrogens is 238 g/mol. The molecule has 1 N–H and O–H groups in total. The van der Waals surface area contributed by atoms with Crippen LogP contribution in [0.15, 0.2) is 6.20 Å². The second-order valence-electron chi connectivity index (χ2n) is 4.68. The Labute approximate surface area is 102 Å². The van der Waals surface area contributed by atoms with Crippen LogP contribution in [-0.4, -0.2) is 35.7 Å². The molecule has 6 heteroatoms. The lowest BCUT2D eigenvalue weighted by Gasteiger charge is -2.10. The van der Waals surface area contributed by atoms with Crippen molar-refractivity contribution in [3.05, 3.63) is 17.5 Å². The molecule has 0 spiro atoms. The summed E-state index contributed by atoms with van der Waals surface area (Å²) in [6.45, 7) is 3.20. The van der Waals surface area contributed by atoms with Gasteiger partial charge in [-0.15, -0.1) is 0 Å². The van der Waals surface area contributed by atoms with E-state index in [0.717, 1.165) is 24.1 Å². The van der Waals surface area contributed by atoms with Crippen molar-refractivity contribution >= 4 is 9.84 Å². The van der Waals surface area contributed by atoms with Gasteiger partial charge in [0.2, 0.25) is 0 Å². The van der Waals surface area contributed by atoms with Crippen LogP contribution >= 0.6 is 0 Å². The van der Waals surface area contributed by atoms with Crippen LogP contribution in [0.25, 0.3) is 0 Å². The Morgan fingerprint density at radius 1 is 1.59 bits per heavy atom. The van der Waals surface area contributed by atoms with Gasteiger partial charge in [0.25, 0.3) is 0 Å². The zero-order valence-electron chi connectivity index (χ0n) is 10.3. The normalized spacial score (nSPS) is 23.1. The van der Waals surface area contributed by atoms with Crippen LogP contribution in [0, 0.1) is 6.92 Å². The zero-order chi connectivity index (χ0) is 12.5. The van der Waals surface area contributed by atoms with Gasteiger partial charge in [-0.3, -0.25) is 4.68 Å². The summed E-state index contributed by atoms with van der Waals surface area (Å²) in [5.74, 6) is 0.352. The summed E-state index contributed by atoms with van der Waals surface area (Å²) >= 11 is 0. The number of aryl methyl sites for hydroxylation is 2. The van der Waals surface area contributed by atoms with E-state index >= 15 is 0 Å². The molecule has 1 aliphatic heterocycles. The van der Waals surface area contributed by atoms with Crippen molar-refractivity contribution in [3.63, 3.8) is 0 Å². The van der Waals surface area contributed by atoms with Crippen LogP contribution in [0.2, 0.25) is 0 Å². The first-order valence-corrected chi connectivity index (χ1v) is 7.62. The number of nitrogens with one attached hydrogen (secondary N) is 1.